The maximum Gasteiger partial charge on any atom is 0.259 e. The van der Waals surface area contributed by atoms with E-state index in [1.165, 1.54) is 0 Å². The van der Waals surface area contributed by atoms with Crippen molar-refractivity contribution >= 4 is 5.69 Å². The predicted molar refractivity (Wildman–Crippen MR) is 75.5 cm³/mol. The molecule has 1 aliphatic heterocycles. The highest BCUT2D eigenvalue weighted by atomic mass is 16.5. The number of para-hydroxylation sites is 1. The number of benzene rings is 1. The van der Waals surface area contributed by atoms with Crippen molar-refractivity contribution in [3.05, 3.63) is 54.1 Å². The van der Waals surface area contributed by atoms with E-state index in [-0.39, 0.29) is 6.10 Å². The number of rotatable bonds is 2. The normalized spacial score (nSPS) is 16.5. The van der Waals surface area contributed by atoms with E-state index in [4.69, 9.17) is 15.0 Å². The summed E-state index contributed by atoms with van der Waals surface area (Å²) in [6.07, 6.45) is 3.73. The number of pyridine rings is 1. The fourth-order valence-electron chi connectivity index (χ4n) is 2.38. The Bertz CT molecular complexity index is 775. The zero-order valence-electron chi connectivity index (χ0n) is 11.1. The molecule has 3 aromatic rings. The van der Waals surface area contributed by atoms with Gasteiger partial charge >= 0.3 is 0 Å². The molecule has 0 radical (unpaired) electrons. The maximum atomic E-state index is 5.84. The Morgan fingerprint density at radius 2 is 2.10 bits per heavy atom. The lowest BCUT2D eigenvalue weighted by Crippen LogP contribution is -2.05. The van der Waals surface area contributed by atoms with Crippen LogP contribution < -0.4 is 10.5 Å². The fourth-order valence-corrected chi connectivity index (χ4v) is 2.38. The van der Waals surface area contributed by atoms with Gasteiger partial charge in [0.2, 0.25) is 5.82 Å². The minimum Gasteiger partial charge on any atom is -0.482 e. The van der Waals surface area contributed by atoms with Gasteiger partial charge in [0.15, 0.2) is 6.10 Å². The Balaban J connectivity index is 1.62. The molecular weight excluding hydrogens is 268 g/mol. The lowest BCUT2D eigenvalue weighted by Gasteiger charge is -2.04. The molecule has 3 heterocycles. The maximum absolute atomic E-state index is 5.84. The summed E-state index contributed by atoms with van der Waals surface area (Å²) in [6, 6.07) is 9.66. The molecule has 104 valence electrons. The number of ether oxygens (including phenoxy) is 1. The van der Waals surface area contributed by atoms with E-state index in [1.54, 1.807) is 18.5 Å². The highest BCUT2D eigenvalue weighted by Gasteiger charge is 2.28. The number of hydrogen-bond donors (Lipinski definition) is 1. The van der Waals surface area contributed by atoms with Gasteiger partial charge in [-0.25, -0.2) is 0 Å². The van der Waals surface area contributed by atoms with Gasteiger partial charge in [-0.1, -0.05) is 23.4 Å². The van der Waals surface area contributed by atoms with Crippen LogP contribution >= 0.6 is 0 Å². The van der Waals surface area contributed by atoms with Crippen molar-refractivity contribution in [2.75, 3.05) is 5.73 Å². The lowest BCUT2D eigenvalue weighted by molar-refractivity contribution is 0.221. The molecule has 0 amide bonds. The Hall–Kier alpha value is -2.89. The van der Waals surface area contributed by atoms with Crippen molar-refractivity contribution in [3.8, 4) is 17.2 Å². The number of anilines is 1. The highest BCUT2D eigenvalue weighted by molar-refractivity contribution is 5.57. The summed E-state index contributed by atoms with van der Waals surface area (Å²) in [5, 5.41) is 4.01. The summed E-state index contributed by atoms with van der Waals surface area (Å²) in [5.41, 5.74) is 8.11. The Labute approximate surface area is 120 Å². The van der Waals surface area contributed by atoms with Crippen LogP contribution in [0.25, 0.3) is 11.5 Å². The third kappa shape index (κ3) is 2.10. The molecule has 1 atom stereocenters. The van der Waals surface area contributed by atoms with Gasteiger partial charge in [-0.2, -0.15) is 4.98 Å². The lowest BCUT2D eigenvalue weighted by atomic mass is 10.1. The molecular formula is C15H12N4O2. The number of nitrogens with two attached hydrogens (primary N) is 1. The summed E-state index contributed by atoms with van der Waals surface area (Å²) in [7, 11) is 0. The molecule has 1 unspecified atom stereocenters. The van der Waals surface area contributed by atoms with Crippen molar-refractivity contribution in [2.45, 2.75) is 12.5 Å². The van der Waals surface area contributed by atoms with E-state index in [9.17, 15) is 0 Å². The van der Waals surface area contributed by atoms with Gasteiger partial charge in [-0.15, -0.1) is 0 Å². The molecule has 1 aromatic carbocycles. The summed E-state index contributed by atoms with van der Waals surface area (Å²) in [5.74, 6) is 1.80. The number of nitrogen functional groups attached to an aromatic ring is 1. The topological polar surface area (TPSA) is 87.1 Å². The smallest absolute Gasteiger partial charge is 0.259 e. The van der Waals surface area contributed by atoms with Crippen LogP contribution in [-0.4, -0.2) is 15.1 Å². The van der Waals surface area contributed by atoms with Crippen molar-refractivity contribution in [1.82, 2.24) is 15.1 Å². The van der Waals surface area contributed by atoms with E-state index in [0.29, 0.717) is 23.0 Å². The van der Waals surface area contributed by atoms with E-state index in [2.05, 4.69) is 15.1 Å². The highest BCUT2D eigenvalue weighted by Crippen LogP contribution is 2.35. The molecule has 1 aliphatic rings. The minimum atomic E-state index is -0.214. The molecule has 0 saturated carbocycles. The van der Waals surface area contributed by atoms with Gasteiger partial charge in [0.05, 0.1) is 11.3 Å². The van der Waals surface area contributed by atoms with Crippen LogP contribution in [0.15, 0.2) is 47.2 Å². The second kappa shape index (κ2) is 4.59. The van der Waals surface area contributed by atoms with Gasteiger partial charge < -0.3 is 15.0 Å². The zero-order valence-corrected chi connectivity index (χ0v) is 11.1. The molecule has 4 rings (SSSR count). The van der Waals surface area contributed by atoms with Gasteiger partial charge in [0.1, 0.15) is 5.75 Å². The van der Waals surface area contributed by atoms with Crippen LogP contribution in [0.2, 0.25) is 0 Å². The molecule has 2 N–H and O–H groups in total. The average Bonchev–Trinajstić information content (AvgIpc) is 3.14. The largest absolute Gasteiger partial charge is 0.482 e. The molecule has 0 bridgehead atoms. The Kier molecular flexibility index (Phi) is 2.60. The standard InChI is InChI=1S/C15H12N4O2/c16-11-5-10(7-17-8-11)15-18-14(19-21-15)13-6-9-3-1-2-4-12(9)20-13/h1-5,7-8,13H,6,16H2. The minimum absolute atomic E-state index is 0.214. The van der Waals surface area contributed by atoms with Gasteiger partial charge in [-0.05, 0) is 17.7 Å². The molecule has 2 aromatic heterocycles. The molecule has 0 spiro atoms. The number of nitrogens with zero attached hydrogens (tertiary/aromatic N) is 3. The molecule has 6 heteroatoms. The Morgan fingerprint density at radius 3 is 2.95 bits per heavy atom. The quantitative estimate of drug-likeness (QED) is 0.775. The summed E-state index contributed by atoms with van der Waals surface area (Å²) >= 11 is 0. The predicted octanol–water partition coefficient (Wildman–Crippen LogP) is 2.39. The van der Waals surface area contributed by atoms with Crippen molar-refractivity contribution in [2.24, 2.45) is 0 Å². The third-order valence-corrected chi connectivity index (χ3v) is 3.38. The van der Waals surface area contributed by atoms with Crippen LogP contribution in [0, 0.1) is 0 Å². The number of fused-ring (bicyclic) bond motifs is 1. The van der Waals surface area contributed by atoms with Crippen LogP contribution in [0.4, 0.5) is 5.69 Å². The average molecular weight is 280 g/mol. The number of aromatic nitrogens is 3. The monoisotopic (exact) mass is 280 g/mol. The van der Waals surface area contributed by atoms with Crippen LogP contribution in [0.1, 0.15) is 17.5 Å². The molecule has 21 heavy (non-hydrogen) atoms. The van der Waals surface area contributed by atoms with Crippen LogP contribution in [0.3, 0.4) is 0 Å². The third-order valence-electron chi connectivity index (χ3n) is 3.38. The van der Waals surface area contributed by atoms with E-state index >= 15 is 0 Å². The first-order chi connectivity index (χ1) is 10.3. The fraction of sp³-hybridized carbons (Fsp3) is 0.133. The Morgan fingerprint density at radius 1 is 1.19 bits per heavy atom. The SMILES string of the molecule is Nc1cncc(-c2nc(C3Cc4ccccc4O3)no2)c1. The summed E-state index contributed by atoms with van der Waals surface area (Å²) in [4.78, 5) is 8.40. The van der Waals surface area contributed by atoms with Crippen LogP contribution in [0.5, 0.6) is 5.75 Å². The molecule has 0 saturated heterocycles. The van der Waals surface area contributed by atoms with Crippen LogP contribution in [-0.2, 0) is 6.42 Å². The number of hydrogen-bond acceptors (Lipinski definition) is 6. The van der Waals surface area contributed by atoms with Crippen molar-refractivity contribution in [3.63, 3.8) is 0 Å². The first kappa shape index (κ1) is 11.9. The zero-order chi connectivity index (χ0) is 14.2. The summed E-state index contributed by atoms with van der Waals surface area (Å²) < 4.78 is 11.1. The van der Waals surface area contributed by atoms with E-state index in [0.717, 1.165) is 17.7 Å². The van der Waals surface area contributed by atoms with Gasteiger partial charge in [0, 0.05) is 18.8 Å². The molecule has 6 nitrogen and oxygen atoms in total. The van der Waals surface area contributed by atoms with Gasteiger partial charge in [0.25, 0.3) is 5.89 Å². The first-order valence-corrected chi connectivity index (χ1v) is 6.58. The summed E-state index contributed by atoms with van der Waals surface area (Å²) in [6.45, 7) is 0. The second-order valence-corrected chi connectivity index (χ2v) is 4.88. The van der Waals surface area contributed by atoms with Crippen molar-refractivity contribution in [1.29, 1.82) is 0 Å². The van der Waals surface area contributed by atoms with Crippen molar-refractivity contribution < 1.29 is 9.26 Å². The van der Waals surface area contributed by atoms with Gasteiger partial charge in [-0.3, -0.25) is 4.98 Å². The molecule has 0 aliphatic carbocycles. The van der Waals surface area contributed by atoms with E-state index < -0.39 is 0 Å². The molecule has 0 fully saturated rings. The first-order valence-electron chi connectivity index (χ1n) is 6.58. The second-order valence-electron chi connectivity index (χ2n) is 4.88. The van der Waals surface area contributed by atoms with E-state index in [1.807, 2.05) is 24.3 Å².